The van der Waals surface area contributed by atoms with Crippen molar-refractivity contribution in [2.75, 3.05) is 5.32 Å². The van der Waals surface area contributed by atoms with Crippen LogP contribution in [0.15, 0.2) is 39.6 Å². The number of rotatable bonds is 3. The number of nitro benzene ring substituents is 1. The van der Waals surface area contributed by atoms with Gasteiger partial charge in [0.2, 0.25) is 0 Å². The summed E-state index contributed by atoms with van der Waals surface area (Å²) in [5, 5.41) is 13.6. The summed E-state index contributed by atoms with van der Waals surface area (Å²) in [5.41, 5.74) is 0.0160. The molecular weight excluding hydrogens is 339 g/mol. The second kappa shape index (κ2) is 5.41. The summed E-state index contributed by atoms with van der Waals surface area (Å²) in [5.74, 6) is -0.536. The van der Waals surface area contributed by atoms with Crippen LogP contribution in [-0.4, -0.2) is 10.8 Å². The Kier molecular flexibility index (Phi) is 3.87. The summed E-state index contributed by atoms with van der Waals surface area (Å²) in [6, 6.07) is 5.35. The molecule has 1 amide bonds. The van der Waals surface area contributed by atoms with Gasteiger partial charge in [0.1, 0.15) is 5.69 Å². The molecule has 0 atom stereocenters. The molecule has 1 N–H and O–H groups in total. The highest BCUT2D eigenvalue weighted by Crippen LogP contribution is 2.28. The number of halogens is 2. The number of nitrogens with one attached hydrogen (secondary N) is 1. The Morgan fingerprint density at radius 3 is 2.74 bits per heavy atom. The highest BCUT2D eigenvalue weighted by molar-refractivity contribution is 9.10. The number of anilines is 1. The van der Waals surface area contributed by atoms with Crippen LogP contribution in [0.4, 0.5) is 11.4 Å². The molecule has 0 aliphatic heterocycles. The molecule has 0 aliphatic rings. The van der Waals surface area contributed by atoms with Crippen LogP contribution in [0.2, 0.25) is 5.02 Å². The molecule has 0 saturated heterocycles. The van der Waals surface area contributed by atoms with Gasteiger partial charge in [0, 0.05) is 11.1 Å². The Morgan fingerprint density at radius 2 is 2.16 bits per heavy atom. The number of carbonyl (C=O) groups excluding carboxylic acids is 1. The molecule has 1 heterocycles. The molecule has 0 aliphatic carbocycles. The van der Waals surface area contributed by atoms with Crippen molar-refractivity contribution in [1.29, 1.82) is 0 Å². The van der Waals surface area contributed by atoms with Crippen molar-refractivity contribution in [2.45, 2.75) is 0 Å². The summed E-state index contributed by atoms with van der Waals surface area (Å²) in [7, 11) is 0. The molecule has 0 saturated carbocycles. The van der Waals surface area contributed by atoms with Crippen molar-refractivity contribution in [3.05, 3.63) is 55.9 Å². The van der Waals surface area contributed by atoms with Gasteiger partial charge in [-0.05, 0) is 34.1 Å². The van der Waals surface area contributed by atoms with E-state index in [9.17, 15) is 14.9 Å². The first kappa shape index (κ1) is 13.6. The van der Waals surface area contributed by atoms with E-state index in [-0.39, 0.29) is 26.6 Å². The minimum atomic E-state index is -0.601. The van der Waals surface area contributed by atoms with E-state index in [1.165, 1.54) is 30.5 Å². The first-order valence-electron chi connectivity index (χ1n) is 4.97. The van der Waals surface area contributed by atoms with Gasteiger partial charge in [-0.25, -0.2) is 0 Å². The third-order valence-electron chi connectivity index (χ3n) is 2.27. The number of nitro groups is 1. The summed E-state index contributed by atoms with van der Waals surface area (Å²) >= 11 is 8.81. The van der Waals surface area contributed by atoms with Gasteiger partial charge in [-0.3, -0.25) is 14.9 Å². The topological polar surface area (TPSA) is 85.4 Å². The zero-order valence-electron chi connectivity index (χ0n) is 9.22. The average molecular weight is 346 g/mol. The fourth-order valence-electron chi connectivity index (χ4n) is 1.41. The number of nitrogens with zero attached hydrogens (tertiary/aromatic N) is 1. The SMILES string of the molecule is O=C(Nc1cc(Cl)ccc1[N+](=O)[O-])c1ccoc1Br. The van der Waals surface area contributed by atoms with Crippen molar-refractivity contribution in [1.82, 2.24) is 0 Å². The van der Waals surface area contributed by atoms with Crippen LogP contribution in [0.5, 0.6) is 0 Å². The van der Waals surface area contributed by atoms with E-state index in [2.05, 4.69) is 21.2 Å². The van der Waals surface area contributed by atoms with Gasteiger partial charge in [0.05, 0.1) is 16.7 Å². The lowest BCUT2D eigenvalue weighted by Gasteiger charge is -2.05. The molecule has 0 unspecified atom stereocenters. The van der Waals surface area contributed by atoms with Crippen molar-refractivity contribution < 1.29 is 14.1 Å². The first-order valence-corrected chi connectivity index (χ1v) is 6.14. The molecule has 2 rings (SSSR count). The average Bonchev–Trinajstić information content (AvgIpc) is 2.75. The Hall–Kier alpha value is -1.86. The van der Waals surface area contributed by atoms with E-state index in [1.807, 2.05) is 0 Å². The van der Waals surface area contributed by atoms with Crippen LogP contribution in [0.1, 0.15) is 10.4 Å². The Morgan fingerprint density at radius 1 is 1.42 bits per heavy atom. The fourth-order valence-corrected chi connectivity index (χ4v) is 2.01. The molecule has 8 heteroatoms. The highest BCUT2D eigenvalue weighted by atomic mass is 79.9. The molecule has 98 valence electrons. The Labute approximate surface area is 120 Å². The molecule has 0 bridgehead atoms. The maximum atomic E-state index is 11.9. The van der Waals surface area contributed by atoms with E-state index in [4.69, 9.17) is 16.0 Å². The molecule has 1 aromatic heterocycles. The van der Waals surface area contributed by atoms with E-state index in [1.54, 1.807) is 0 Å². The minimum absolute atomic E-state index is 0.0237. The number of hydrogen-bond donors (Lipinski definition) is 1. The summed E-state index contributed by atoms with van der Waals surface area (Å²) < 4.78 is 5.17. The van der Waals surface area contributed by atoms with Gasteiger partial charge < -0.3 is 9.73 Å². The van der Waals surface area contributed by atoms with Gasteiger partial charge >= 0.3 is 0 Å². The standard InChI is InChI=1S/C11H6BrClN2O4/c12-10-7(3-4-19-10)11(16)14-8-5-6(13)1-2-9(8)15(17)18/h1-5H,(H,14,16). The van der Waals surface area contributed by atoms with Crippen molar-refractivity contribution >= 4 is 44.8 Å². The summed E-state index contributed by atoms with van der Waals surface area (Å²) in [6.45, 7) is 0. The van der Waals surface area contributed by atoms with Gasteiger partial charge in [0.15, 0.2) is 4.67 Å². The van der Waals surface area contributed by atoms with Crippen LogP contribution in [-0.2, 0) is 0 Å². The zero-order valence-corrected chi connectivity index (χ0v) is 11.6. The van der Waals surface area contributed by atoms with Gasteiger partial charge in [-0.1, -0.05) is 11.6 Å². The molecule has 2 aromatic rings. The smallest absolute Gasteiger partial charge is 0.292 e. The van der Waals surface area contributed by atoms with E-state index in [0.29, 0.717) is 0 Å². The fraction of sp³-hybridized carbons (Fsp3) is 0. The largest absolute Gasteiger partial charge is 0.457 e. The number of hydrogen-bond acceptors (Lipinski definition) is 4. The second-order valence-corrected chi connectivity index (χ2v) is 4.64. The van der Waals surface area contributed by atoms with Crippen LogP contribution < -0.4 is 5.32 Å². The van der Waals surface area contributed by atoms with Crippen molar-refractivity contribution in [2.24, 2.45) is 0 Å². The summed E-state index contributed by atoms with van der Waals surface area (Å²) in [6.07, 6.45) is 1.32. The van der Waals surface area contributed by atoms with Gasteiger partial charge in [-0.2, -0.15) is 0 Å². The maximum Gasteiger partial charge on any atom is 0.292 e. The van der Waals surface area contributed by atoms with E-state index in [0.717, 1.165) is 0 Å². The van der Waals surface area contributed by atoms with Crippen molar-refractivity contribution in [3.8, 4) is 0 Å². The molecule has 1 aromatic carbocycles. The normalized spacial score (nSPS) is 10.2. The molecular formula is C11H6BrClN2O4. The maximum absolute atomic E-state index is 11.9. The second-order valence-electron chi connectivity index (χ2n) is 3.48. The van der Waals surface area contributed by atoms with E-state index < -0.39 is 10.8 Å². The van der Waals surface area contributed by atoms with E-state index >= 15 is 0 Å². The lowest BCUT2D eigenvalue weighted by Crippen LogP contribution is -2.12. The predicted octanol–water partition coefficient (Wildman–Crippen LogP) is 3.86. The Balaban J connectivity index is 2.33. The van der Waals surface area contributed by atoms with Crippen molar-refractivity contribution in [3.63, 3.8) is 0 Å². The quantitative estimate of drug-likeness (QED) is 0.676. The number of furan rings is 1. The zero-order chi connectivity index (χ0) is 14.0. The summed E-state index contributed by atoms with van der Waals surface area (Å²) in [4.78, 5) is 22.2. The minimum Gasteiger partial charge on any atom is -0.457 e. The third kappa shape index (κ3) is 2.94. The van der Waals surface area contributed by atoms with Gasteiger partial charge in [0.25, 0.3) is 11.6 Å². The lowest BCUT2D eigenvalue weighted by atomic mass is 10.2. The molecule has 0 spiro atoms. The monoisotopic (exact) mass is 344 g/mol. The predicted molar refractivity (Wildman–Crippen MR) is 72.5 cm³/mol. The third-order valence-corrected chi connectivity index (χ3v) is 3.12. The molecule has 6 nitrogen and oxygen atoms in total. The Bertz CT molecular complexity index is 656. The lowest BCUT2D eigenvalue weighted by molar-refractivity contribution is -0.383. The van der Waals surface area contributed by atoms with Crippen LogP contribution in [0.25, 0.3) is 0 Å². The van der Waals surface area contributed by atoms with Crippen LogP contribution in [0, 0.1) is 10.1 Å². The number of benzene rings is 1. The van der Waals surface area contributed by atoms with Gasteiger partial charge in [-0.15, -0.1) is 0 Å². The number of amides is 1. The highest BCUT2D eigenvalue weighted by Gasteiger charge is 2.19. The molecule has 0 fully saturated rings. The van der Waals surface area contributed by atoms with Crippen LogP contribution in [0.3, 0.4) is 0 Å². The number of carbonyl (C=O) groups is 1. The van der Waals surface area contributed by atoms with Crippen LogP contribution >= 0.6 is 27.5 Å². The first-order chi connectivity index (χ1) is 8.99. The molecule has 19 heavy (non-hydrogen) atoms. The molecule has 0 radical (unpaired) electrons.